The summed E-state index contributed by atoms with van der Waals surface area (Å²) in [6, 6.07) is 0.231. The molecule has 144 valence electrons. The number of aromatic nitrogens is 4. The van der Waals surface area contributed by atoms with Crippen molar-refractivity contribution in [2.24, 2.45) is 0 Å². The van der Waals surface area contributed by atoms with Crippen molar-refractivity contribution in [3.05, 3.63) is 45.4 Å². The summed E-state index contributed by atoms with van der Waals surface area (Å²) in [6.45, 7) is 8.29. The number of piperidine rings is 1. The van der Waals surface area contributed by atoms with E-state index >= 15 is 0 Å². The first-order valence-electron chi connectivity index (χ1n) is 9.89. The monoisotopic (exact) mass is 369 g/mol. The van der Waals surface area contributed by atoms with Crippen LogP contribution in [-0.2, 0) is 13.0 Å². The largest absolute Gasteiger partial charge is 0.338 e. The molecule has 27 heavy (non-hydrogen) atoms. The van der Waals surface area contributed by atoms with Gasteiger partial charge in [-0.1, -0.05) is 0 Å². The van der Waals surface area contributed by atoms with Gasteiger partial charge in [0.2, 0.25) is 0 Å². The zero-order chi connectivity index (χ0) is 19.1. The van der Waals surface area contributed by atoms with Crippen LogP contribution in [0.15, 0.2) is 17.2 Å². The normalized spacial score (nSPS) is 19.6. The number of likely N-dealkylation sites (tertiary alicyclic amines) is 1. The predicted octanol–water partition coefficient (Wildman–Crippen LogP) is 2.30. The van der Waals surface area contributed by atoms with Gasteiger partial charge in [-0.3, -0.25) is 14.3 Å². The summed E-state index contributed by atoms with van der Waals surface area (Å²) in [6.07, 6.45) is 7.33. The van der Waals surface area contributed by atoms with Crippen LogP contribution >= 0.6 is 0 Å². The maximum Gasteiger partial charge on any atom is 0.276 e. The quantitative estimate of drug-likeness (QED) is 0.832. The lowest BCUT2D eigenvalue weighted by atomic mass is 9.91. The number of carbonyl (C=O) groups is 1. The maximum absolute atomic E-state index is 13.0. The molecular weight excluding hydrogens is 342 g/mol. The van der Waals surface area contributed by atoms with Crippen LogP contribution in [0, 0.1) is 6.92 Å². The van der Waals surface area contributed by atoms with Crippen LogP contribution in [-0.4, -0.2) is 43.2 Å². The van der Waals surface area contributed by atoms with Gasteiger partial charge in [0, 0.05) is 55.5 Å². The molecular formula is C20H27N5O2. The SMILES string of the molecule is Cc1c(C2CCCN(C(=O)c3cnn(C(C)C)c3)C2)n2c(nc1=O)CCC2. The van der Waals surface area contributed by atoms with Gasteiger partial charge in [-0.25, -0.2) is 0 Å². The predicted molar refractivity (Wildman–Crippen MR) is 102 cm³/mol. The van der Waals surface area contributed by atoms with Gasteiger partial charge in [0.1, 0.15) is 5.82 Å². The number of carbonyl (C=O) groups excluding carboxylic acids is 1. The van der Waals surface area contributed by atoms with E-state index in [1.54, 1.807) is 6.20 Å². The fourth-order valence-electron chi connectivity index (χ4n) is 4.37. The third-order valence-electron chi connectivity index (χ3n) is 5.79. The molecule has 2 aliphatic rings. The molecule has 0 radical (unpaired) electrons. The summed E-state index contributed by atoms with van der Waals surface area (Å²) in [4.78, 5) is 31.5. The standard InChI is InChI=1S/C20H27N5O2/c1-13(2)25-12-16(10-21-25)20(27)23-8-4-6-15(11-23)18-14(3)19(26)22-17-7-5-9-24(17)18/h10,12-13,15H,4-9,11H2,1-3H3. The van der Waals surface area contributed by atoms with E-state index in [0.717, 1.165) is 55.9 Å². The summed E-state index contributed by atoms with van der Waals surface area (Å²) >= 11 is 0. The number of nitrogens with zero attached hydrogens (tertiary/aromatic N) is 5. The zero-order valence-corrected chi connectivity index (χ0v) is 16.3. The van der Waals surface area contributed by atoms with Crippen LogP contribution in [0.5, 0.6) is 0 Å². The van der Waals surface area contributed by atoms with Gasteiger partial charge in [-0.05, 0) is 40.0 Å². The average Bonchev–Trinajstić information content (AvgIpc) is 3.31. The fraction of sp³-hybridized carbons (Fsp3) is 0.600. The van der Waals surface area contributed by atoms with E-state index in [0.29, 0.717) is 12.1 Å². The van der Waals surface area contributed by atoms with E-state index < -0.39 is 0 Å². The van der Waals surface area contributed by atoms with Gasteiger partial charge < -0.3 is 9.47 Å². The second-order valence-corrected chi connectivity index (χ2v) is 7.99. The molecule has 7 heteroatoms. The van der Waals surface area contributed by atoms with E-state index in [1.807, 2.05) is 36.5 Å². The van der Waals surface area contributed by atoms with Crippen LogP contribution in [0.25, 0.3) is 0 Å². The summed E-state index contributed by atoms with van der Waals surface area (Å²) in [5, 5.41) is 4.30. The number of aryl methyl sites for hydroxylation is 1. The molecule has 4 rings (SSSR count). The molecule has 2 aromatic rings. The highest BCUT2D eigenvalue weighted by atomic mass is 16.2. The Hall–Kier alpha value is -2.44. The highest BCUT2D eigenvalue weighted by Gasteiger charge is 2.31. The number of hydrogen-bond acceptors (Lipinski definition) is 4. The third kappa shape index (κ3) is 3.19. The van der Waals surface area contributed by atoms with Crippen molar-refractivity contribution in [1.82, 2.24) is 24.2 Å². The maximum atomic E-state index is 13.0. The smallest absolute Gasteiger partial charge is 0.276 e. The van der Waals surface area contributed by atoms with Gasteiger partial charge in [0.25, 0.3) is 11.5 Å². The van der Waals surface area contributed by atoms with E-state index in [9.17, 15) is 9.59 Å². The molecule has 1 fully saturated rings. The Morgan fingerprint density at radius 3 is 2.81 bits per heavy atom. The Bertz CT molecular complexity index is 927. The van der Waals surface area contributed by atoms with Crippen LogP contribution in [0.1, 0.15) is 72.5 Å². The van der Waals surface area contributed by atoms with Gasteiger partial charge in [-0.2, -0.15) is 10.1 Å². The number of rotatable bonds is 3. The van der Waals surface area contributed by atoms with Crippen molar-refractivity contribution in [3.8, 4) is 0 Å². The van der Waals surface area contributed by atoms with Crippen LogP contribution in [0.2, 0.25) is 0 Å². The highest BCUT2D eigenvalue weighted by Crippen LogP contribution is 2.31. The molecule has 1 unspecified atom stereocenters. The second kappa shape index (κ2) is 6.94. The molecule has 0 aromatic carbocycles. The zero-order valence-electron chi connectivity index (χ0n) is 16.3. The van der Waals surface area contributed by atoms with Crippen molar-refractivity contribution in [2.45, 2.75) is 65.0 Å². The first-order valence-corrected chi connectivity index (χ1v) is 9.89. The summed E-state index contributed by atoms with van der Waals surface area (Å²) in [5.74, 6) is 1.12. The van der Waals surface area contributed by atoms with Crippen molar-refractivity contribution in [2.75, 3.05) is 13.1 Å². The Morgan fingerprint density at radius 2 is 2.07 bits per heavy atom. The lowest BCUT2D eigenvalue weighted by Crippen LogP contribution is -2.40. The molecule has 1 saturated heterocycles. The summed E-state index contributed by atoms with van der Waals surface area (Å²) < 4.78 is 4.04. The molecule has 2 aliphatic heterocycles. The second-order valence-electron chi connectivity index (χ2n) is 7.99. The van der Waals surface area contributed by atoms with Gasteiger partial charge in [0.05, 0.1) is 11.8 Å². The van der Waals surface area contributed by atoms with E-state index in [2.05, 4.69) is 14.6 Å². The number of fused-ring (bicyclic) bond motifs is 1. The molecule has 4 heterocycles. The summed E-state index contributed by atoms with van der Waals surface area (Å²) in [7, 11) is 0. The van der Waals surface area contributed by atoms with E-state index in [1.165, 1.54) is 0 Å². The van der Waals surface area contributed by atoms with E-state index in [-0.39, 0.29) is 23.4 Å². The first-order chi connectivity index (χ1) is 13.0. The van der Waals surface area contributed by atoms with Gasteiger partial charge in [0.15, 0.2) is 0 Å². The lowest BCUT2D eigenvalue weighted by molar-refractivity contribution is 0.0704. The molecule has 0 spiro atoms. The Morgan fingerprint density at radius 1 is 1.26 bits per heavy atom. The highest BCUT2D eigenvalue weighted by molar-refractivity contribution is 5.93. The molecule has 0 bridgehead atoms. The number of hydrogen-bond donors (Lipinski definition) is 0. The first kappa shape index (κ1) is 17.9. The minimum absolute atomic E-state index is 0.0299. The minimum atomic E-state index is -0.111. The van der Waals surface area contributed by atoms with Crippen molar-refractivity contribution in [3.63, 3.8) is 0 Å². The Labute approximate surface area is 159 Å². The molecule has 0 N–H and O–H groups in total. The van der Waals surface area contributed by atoms with Gasteiger partial charge >= 0.3 is 0 Å². The topological polar surface area (TPSA) is 73.0 Å². The molecule has 2 aromatic heterocycles. The Balaban J connectivity index is 1.60. The van der Waals surface area contributed by atoms with Crippen LogP contribution in [0.4, 0.5) is 0 Å². The van der Waals surface area contributed by atoms with Crippen LogP contribution in [0.3, 0.4) is 0 Å². The third-order valence-corrected chi connectivity index (χ3v) is 5.79. The van der Waals surface area contributed by atoms with Crippen LogP contribution < -0.4 is 5.56 Å². The average molecular weight is 369 g/mol. The number of amides is 1. The van der Waals surface area contributed by atoms with Crippen molar-refractivity contribution in [1.29, 1.82) is 0 Å². The minimum Gasteiger partial charge on any atom is -0.338 e. The summed E-state index contributed by atoms with van der Waals surface area (Å²) in [5.41, 5.74) is 2.36. The lowest BCUT2D eigenvalue weighted by Gasteiger charge is -2.34. The fourth-order valence-corrected chi connectivity index (χ4v) is 4.37. The Kier molecular flexibility index (Phi) is 4.61. The molecule has 1 atom stereocenters. The molecule has 0 aliphatic carbocycles. The molecule has 1 amide bonds. The van der Waals surface area contributed by atoms with Gasteiger partial charge in [-0.15, -0.1) is 0 Å². The van der Waals surface area contributed by atoms with Crippen molar-refractivity contribution < 1.29 is 4.79 Å². The molecule has 7 nitrogen and oxygen atoms in total. The molecule has 0 saturated carbocycles. The van der Waals surface area contributed by atoms with E-state index in [4.69, 9.17) is 0 Å². The van der Waals surface area contributed by atoms with Crippen molar-refractivity contribution >= 4 is 5.91 Å².